The summed E-state index contributed by atoms with van der Waals surface area (Å²) >= 11 is 12.4. The topological polar surface area (TPSA) is 281 Å². The Hall–Kier alpha value is -6.72. The molecule has 8 aromatic carbocycles. The van der Waals surface area contributed by atoms with E-state index in [1.165, 1.54) is 38.1 Å². The van der Waals surface area contributed by atoms with E-state index >= 15 is 0 Å². The number of azo groups is 2. The summed E-state index contributed by atoms with van der Waals surface area (Å²) in [6.45, 7) is 7.52. The van der Waals surface area contributed by atoms with Crippen molar-refractivity contribution in [3.63, 3.8) is 0 Å². The molecule has 0 bridgehead atoms. The summed E-state index contributed by atoms with van der Waals surface area (Å²) in [5.41, 5.74) is 0.575. The summed E-state index contributed by atoms with van der Waals surface area (Å²) in [4.78, 5) is 25.3. The molecular weight excluding hydrogens is 1080 g/mol. The third kappa shape index (κ3) is 13.6. The van der Waals surface area contributed by atoms with Gasteiger partial charge in [0.1, 0.15) is 38.7 Å². The van der Waals surface area contributed by atoms with Gasteiger partial charge in [-0.2, -0.15) is 13.5 Å². The number of halogens is 2. The number of carbonyl (C=O) groups excluding carboxylic acids is 2. The van der Waals surface area contributed by atoms with Gasteiger partial charge in [0.15, 0.2) is 5.75 Å². The SMILES string of the molecule is CCOc1ccc(NC(=O)c2cc3ccccc3c(N=Nc3c(Cl)ccc(S(=O)(=O)O)c3C)c2O)cc1.CCOc1ccc(NC(=O)c2cc3ccccc3c(N=Nc3c(Cl)ccc(S(=O)(=O)[O-])c3C)c2[O-])cc1.[Ca+2]. The molecule has 0 saturated heterocycles. The number of amides is 2. The van der Waals surface area contributed by atoms with Gasteiger partial charge in [-0.1, -0.05) is 77.5 Å². The Morgan fingerprint density at radius 2 is 0.987 bits per heavy atom. The van der Waals surface area contributed by atoms with Crippen LogP contribution in [-0.4, -0.2) is 93.8 Å². The molecule has 0 aliphatic rings. The van der Waals surface area contributed by atoms with Gasteiger partial charge in [-0.25, -0.2) is 8.42 Å². The molecule has 4 N–H and O–H groups in total. The molecule has 23 heteroatoms. The van der Waals surface area contributed by atoms with E-state index in [0.717, 1.165) is 12.1 Å². The molecule has 0 heterocycles. The third-order valence-corrected chi connectivity index (χ3v) is 13.6. The quantitative estimate of drug-likeness (QED) is 0.0449. The van der Waals surface area contributed by atoms with Crippen molar-refractivity contribution in [1.82, 2.24) is 0 Å². The summed E-state index contributed by atoms with van der Waals surface area (Å²) in [5.74, 6) is -1.04. The molecular formula is C52H42CaCl2N6O12S2. The van der Waals surface area contributed by atoms with Crippen molar-refractivity contribution < 1.29 is 55.2 Å². The smallest absolute Gasteiger partial charge is 0.870 e. The van der Waals surface area contributed by atoms with Crippen molar-refractivity contribution in [2.75, 3.05) is 23.8 Å². The normalized spacial score (nSPS) is 11.5. The first-order chi connectivity index (χ1) is 35.2. The monoisotopic (exact) mass is 1120 g/mol. The van der Waals surface area contributed by atoms with E-state index in [4.69, 9.17) is 32.7 Å². The van der Waals surface area contributed by atoms with Crippen molar-refractivity contribution >= 4 is 149 Å². The predicted octanol–water partition coefficient (Wildman–Crippen LogP) is 12.3. The molecule has 75 heavy (non-hydrogen) atoms. The summed E-state index contributed by atoms with van der Waals surface area (Å²) in [5, 5.41) is 48.4. The first-order valence-corrected chi connectivity index (χ1v) is 25.7. The number of ether oxygens (including phenoxy) is 2. The van der Waals surface area contributed by atoms with Crippen molar-refractivity contribution in [2.24, 2.45) is 20.5 Å². The van der Waals surface area contributed by atoms with Crippen LogP contribution in [0.15, 0.2) is 164 Å². The Balaban J connectivity index is 0.000000241. The summed E-state index contributed by atoms with van der Waals surface area (Å²) in [6, 6.07) is 34.9. The zero-order valence-corrected chi connectivity index (χ0v) is 45.5. The number of nitrogens with one attached hydrogen (secondary N) is 2. The minimum absolute atomic E-state index is 0. The van der Waals surface area contributed by atoms with E-state index in [1.54, 1.807) is 97.1 Å². The molecule has 2 amide bonds. The van der Waals surface area contributed by atoms with Gasteiger partial charge in [-0.15, -0.1) is 15.3 Å². The molecule has 0 spiro atoms. The number of phenolic OH excluding ortho intramolecular Hbond substituents is 1. The van der Waals surface area contributed by atoms with Gasteiger partial charge >= 0.3 is 37.7 Å². The average molecular weight is 1120 g/mol. The van der Waals surface area contributed by atoms with E-state index < -0.39 is 48.4 Å². The van der Waals surface area contributed by atoms with Crippen LogP contribution in [0.2, 0.25) is 10.0 Å². The minimum atomic E-state index is -4.79. The molecule has 0 atom stereocenters. The summed E-state index contributed by atoms with van der Waals surface area (Å²) in [6.07, 6.45) is 0. The fraction of sp³-hybridized carbons (Fsp3) is 0.115. The molecule has 0 radical (unpaired) electrons. The Bertz CT molecular complexity index is 3530. The van der Waals surface area contributed by atoms with Gasteiger partial charge in [0.25, 0.3) is 21.9 Å². The molecule has 0 saturated carbocycles. The van der Waals surface area contributed by atoms with Crippen LogP contribution in [0.4, 0.5) is 34.1 Å². The number of carbonyl (C=O) groups is 2. The number of nitrogens with zero attached hydrogens (tertiary/aromatic N) is 4. The number of benzene rings is 8. The minimum Gasteiger partial charge on any atom is -0.870 e. The van der Waals surface area contributed by atoms with E-state index in [0.29, 0.717) is 57.6 Å². The fourth-order valence-corrected chi connectivity index (χ4v) is 9.38. The Kier molecular flexibility index (Phi) is 19.0. The molecule has 0 unspecified atom stereocenters. The van der Waals surface area contributed by atoms with Crippen LogP contribution in [-0.2, 0) is 20.2 Å². The zero-order valence-electron chi connectivity index (χ0n) is 40.2. The van der Waals surface area contributed by atoms with Gasteiger partial charge in [0.2, 0.25) is 0 Å². The van der Waals surface area contributed by atoms with Crippen LogP contribution in [0.5, 0.6) is 23.0 Å². The second-order valence-corrected chi connectivity index (χ2v) is 19.4. The number of aromatic hydroxyl groups is 1. The summed E-state index contributed by atoms with van der Waals surface area (Å²) in [7, 11) is -9.31. The molecule has 8 rings (SSSR count). The molecule has 0 aliphatic heterocycles. The number of phenols is 1. The van der Waals surface area contributed by atoms with Gasteiger partial charge in [0, 0.05) is 27.7 Å². The fourth-order valence-electron chi connectivity index (χ4n) is 7.46. The van der Waals surface area contributed by atoms with Crippen molar-refractivity contribution in [3.05, 3.63) is 166 Å². The largest absolute Gasteiger partial charge is 2.00 e. The second-order valence-electron chi connectivity index (χ2n) is 15.9. The van der Waals surface area contributed by atoms with Crippen LogP contribution in [0.1, 0.15) is 45.7 Å². The maximum atomic E-state index is 13.4. The molecule has 0 fully saturated rings. The number of fused-ring (bicyclic) bond motifs is 2. The third-order valence-electron chi connectivity index (χ3n) is 11.0. The van der Waals surface area contributed by atoms with E-state index in [-0.39, 0.29) is 97.7 Å². The van der Waals surface area contributed by atoms with Crippen LogP contribution in [0.3, 0.4) is 0 Å². The maximum Gasteiger partial charge on any atom is 2.00 e. The standard InChI is InChI=1S/2C26H22ClN3O6S.Ca/c2*1-3-36-18-10-8-17(9-11-18)28-26(32)20-14-16-6-4-5-7-19(16)24(25(20)31)30-29-23-15(2)22(37(33,34)35)13-12-21(23)27;/h2*4-14,31H,3H2,1-2H3,(H,28,32)(H,33,34,35);/q;;+2/p-2. The molecule has 380 valence electrons. The van der Waals surface area contributed by atoms with Crippen molar-refractivity contribution in [2.45, 2.75) is 37.5 Å². The van der Waals surface area contributed by atoms with Gasteiger partial charge in [0.05, 0.1) is 44.3 Å². The Morgan fingerprint density at radius 3 is 1.45 bits per heavy atom. The van der Waals surface area contributed by atoms with Crippen LogP contribution in [0, 0.1) is 13.8 Å². The molecule has 8 aromatic rings. The van der Waals surface area contributed by atoms with Gasteiger partial charge in [-0.05, 0) is 135 Å². The van der Waals surface area contributed by atoms with Crippen LogP contribution >= 0.6 is 23.2 Å². The van der Waals surface area contributed by atoms with Crippen LogP contribution in [0.25, 0.3) is 21.5 Å². The van der Waals surface area contributed by atoms with E-state index in [2.05, 4.69) is 31.1 Å². The van der Waals surface area contributed by atoms with Crippen LogP contribution < -0.4 is 25.2 Å². The maximum absolute atomic E-state index is 13.4. The Labute approximate surface area is 470 Å². The first-order valence-electron chi connectivity index (χ1n) is 22.1. The van der Waals surface area contributed by atoms with Gasteiger partial charge < -0.3 is 34.9 Å². The molecule has 0 aromatic heterocycles. The number of hydrogen-bond donors (Lipinski definition) is 4. The van der Waals surface area contributed by atoms with Gasteiger partial charge in [-0.3, -0.25) is 14.1 Å². The number of anilines is 2. The van der Waals surface area contributed by atoms with E-state index in [9.17, 15) is 45.7 Å². The zero-order chi connectivity index (χ0) is 53.5. The number of rotatable bonds is 14. The summed E-state index contributed by atoms with van der Waals surface area (Å²) < 4.78 is 78.4. The first kappa shape index (κ1) is 57.6. The molecule has 18 nitrogen and oxygen atoms in total. The van der Waals surface area contributed by atoms with Crippen molar-refractivity contribution in [3.8, 4) is 23.0 Å². The number of hydrogen-bond acceptors (Lipinski definition) is 15. The average Bonchev–Trinajstić information content (AvgIpc) is 3.35. The predicted molar refractivity (Wildman–Crippen MR) is 284 cm³/mol. The second kappa shape index (κ2) is 24.7. The van der Waals surface area contributed by atoms with Crippen molar-refractivity contribution in [1.29, 1.82) is 0 Å². The van der Waals surface area contributed by atoms with E-state index in [1.807, 2.05) is 13.8 Å². The Morgan fingerprint density at radius 1 is 0.587 bits per heavy atom. The molecule has 0 aliphatic carbocycles.